The van der Waals surface area contributed by atoms with Crippen molar-refractivity contribution in [2.24, 2.45) is 0 Å². The van der Waals surface area contributed by atoms with Crippen molar-refractivity contribution in [3.8, 4) is 0 Å². The van der Waals surface area contributed by atoms with Gasteiger partial charge in [-0.25, -0.2) is 4.98 Å². The molecule has 1 aromatic carbocycles. The lowest BCUT2D eigenvalue weighted by Gasteiger charge is -2.33. The third-order valence-electron chi connectivity index (χ3n) is 4.36. The Morgan fingerprint density at radius 1 is 1.17 bits per heavy atom. The molecular weight excluding hydrogens is 222 g/mol. The number of fused-ring (bicyclic) bond motifs is 1. The largest absolute Gasteiger partial charge is 0.369 e. The summed E-state index contributed by atoms with van der Waals surface area (Å²) < 4.78 is 2.25. The molecule has 0 radical (unpaired) electrons. The van der Waals surface area contributed by atoms with Gasteiger partial charge in [0.2, 0.25) is 5.95 Å². The number of hydrogen-bond donors (Lipinski definition) is 1. The smallest absolute Gasteiger partial charge is 0.201 e. The molecule has 98 valence electrons. The summed E-state index contributed by atoms with van der Waals surface area (Å²) >= 11 is 0. The molecule has 0 amide bonds. The van der Waals surface area contributed by atoms with Crippen LogP contribution in [0.1, 0.15) is 45.6 Å². The number of benzene rings is 1. The molecule has 0 atom stereocenters. The summed E-state index contributed by atoms with van der Waals surface area (Å²) in [7, 11) is 0. The molecule has 1 heterocycles. The van der Waals surface area contributed by atoms with Gasteiger partial charge < -0.3 is 10.3 Å². The summed E-state index contributed by atoms with van der Waals surface area (Å²) in [6, 6.07) is 6.30. The van der Waals surface area contributed by atoms with Crippen molar-refractivity contribution in [1.29, 1.82) is 0 Å². The van der Waals surface area contributed by atoms with Crippen LogP contribution in [0.15, 0.2) is 18.2 Å². The van der Waals surface area contributed by atoms with E-state index in [1.165, 1.54) is 5.56 Å². The van der Waals surface area contributed by atoms with Gasteiger partial charge in [0.1, 0.15) is 0 Å². The van der Waals surface area contributed by atoms with Crippen molar-refractivity contribution in [3.05, 3.63) is 23.8 Å². The molecule has 2 rings (SSSR count). The summed E-state index contributed by atoms with van der Waals surface area (Å²) in [4.78, 5) is 4.56. The molecule has 3 nitrogen and oxygen atoms in total. The Labute approximate surface area is 109 Å². The second-order valence-corrected chi connectivity index (χ2v) is 5.03. The number of hydrogen-bond acceptors (Lipinski definition) is 2. The minimum Gasteiger partial charge on any atom is -0.369 e. The van der Waals surface area contributed by atoms with Gasteiger partial charge in [-0.1, -0.05) is 32.9 Å². The molecule has 2 aromatic rings. The maximum absolute atomic E-state index is 6.19. The fourth-order valence-electron chi connectivity index (χ4n) is 2.98. The van der Waals surface area contributed by atoms with Gasteiger partial charge in [0.25, 0.3) is 0 Å². The normalized spacial score (nSPS) is 12.2. The number of imidazole rings is 1. The van der Waals surface area contributed by atoms with Crippen LogP contribution in [-0.4, -0.2) is 9.55 Å². The molecule has 1 aromatic heterocycles. The van der Waals surface area contributed by atoms with Crippen LogP contribution >= 0.6 is 0 Å². The van der Waals surface area contributed by atoms with Gasteiger partial charge in [0.05, 0.1) is 11.0 Å². The van der Waals surface area contributed by atoms with Gasteiger partial charge in [-0.3, -0.25) is 0 Å². The highest BCUT2D eigenvalue weighted by Crippen LogP contribution is 2.35. The topological polar surface area (TPSA) is 43.8 Å². The predicted molar refractivity (Wildman–Crippen MR) is 77.7 cm³/mol. The highest BCUT2D eigenvalue weighted by Gasteiger charge is 2.30. The highest BCUT2D eigenvalue weighted by atomic mass is 15.2. The average Bonchev–Trinajstić information content (AvgIpc) is 2.72. The number of para-hydroxylation sites is 1. The van der Waals surface area contributed by atoms with E-state index in [-0.39, 0.29) is 5.54 Å². The van der Waals surface area contributed by atoms with E-state index in [4.69, 9.17) is 5.73 Å². The number of nitrogen functional groups attached to an aromatic ring is 1. The predicted octanol–water partition coefficient (Wildman–Crippen LogP) is 3.85. The first-order chi connectivity index (χ1) is 8.59. The fourth-order valence-corrected chi connectivity index (χ4v) is 2.98. The highest BCUT2D eigenvalue weighted by molar-refractivity contribution is 5.81. The zero-order chi connectivity index (χ0) is 13.3. The van der Waals surface area contributed by atoms with Crippen LogP contribution < -0.4 is 5.73 Å². The zero-order valence-corrected chi connectivity index (χ0v) is 11.8. The van der Waals surface area contributed by atoms with E-state index < -0.39 is 0 Å². The van der Waals surface area contributed by atoms with E-state index in [2.05, 4.69) is 55.4 Å². The third kappa shape index (κ3) is 1.69. The second-order valence-electron chi connectivity index (χ2n) is 5.03. The quantitative estimate of drug-likeness (QED) is 0.889. The lowest BCUT2D eigenvalue weighted by atomic mass is 9.89. The Hall–Kier alpha value is -1.51. The van der Waals surface area contributed by atoms with E-state index in [9.17, 15) is 0 Å². The molecular formula is C15H23N3. The Morgan fingerprint density at radius 2 is 1.78 bits per heavy atom. The summed E-state index contributed by atoms with van der Waals surface area (Å²) in [6.07, 6.45) is 3.22. The fraction of sp³-hybridized carbons (Fsp3) is 0.533. The lowest BCUT2D eigenvalue weighted by molar-refractivity contribution is 0.262. The second kappa shape index (κ2) is 4.63. The van der Waals surface area contributed by atoms with Crippen molar-refractivity contribution in [2.75, 3.05) is 5.73 Å². The average molecular weight is 245 g/mol. The van der Waals surface area contributed by atoms with Crippen molar-refractivity contribution >= 4 is 17.0 Å². The number of rotatable bonds is 4. The molecule has 18 heavy (non-hydrogen) atoms. The van der Waals surface area contributed by atoms with Crippen LogP contribution in [0, 0.1) is 6.92 Å². The third-order valence-corrected chi connectivity index (χ3v) is 4.36. The van der Waals surface area contributed by atoms with Crippen LogP contribution in [0.25, 0.3) is 11.0 Å². The van der Waals surface area contributed by atoms with Crippen molar-refractivity contribution in [1.82, 2.24) is 9.55 Å². The SMILES string of the molecule is CCC(CC)(CC)n1c(N)nc2c(C)cccc21. The summed E-state index contributed by atoms with van der Waals surface area (Å²) in [5, 5.41) is 0. The van der Waals surface area contributed by atoms with Crippen LogP contribution in [0.2, 0.25) is 0 Å². The first-order valence-electron chi connectivity index (χ1n) is 6.83. The summed E-state index contributed by atoms with van der Waals surface area (Å²) in [5.74, 6) is 0.643. The first kappa shape index (κ1) is 12.9. The van der Waals surface area contributed by atoms with E-state index >= 15 is 0 Å². The van der Waals surface area contributed by atoms with Gasteiger partial charge in [-0.2, -0.15) is 0 Å². The Kier molecular flexibility index (Phi) is 3.33. The molecule has 0 spiro atoms. The molecule has 0 saturated carbocycles. The molecule has 0 bridgehead atoms. The van der Waals surface area contributed by atoms with Crippen molar-refractivity contribution in [2.45, 2.75) is 52.5 Å². The monoisotopic (exact) mass is 245 g/mol. The van der Waals surface area contributed by atoms with E-state index in [0.29, 0.717) is 5.95 Å². The number of nitrogens with zero attached hydrogens (tertiary/aromatic N) is 2. The molecule has 0 fully saturated rings. The van der Waals surface area contributed by atoms with Crippen LogP contribution in [0.3, 0.4) is 0 Å². The van der Waals surface area contributed by atoms with Crippen molar-refractivity contribution < 1.29 is 0 Å². The first-order valence-corrected chi connectivity index (χ1v) is 6.83. The van der Waals surface area contributed by atoms with E-state index in [0.717, 1.165) is 30.3 Å². The van der Waals surface area contributed by atoms with Gasteiger partial charge >= 0.3 is 0 Å². The number of anilines is 1. The van der Waals surface area contributed by atoms with E-state index in [1.54, 1.807) is 0 Å². The number of aryl methyl sites for hydroxylation is 1. The maximum Gasteiger partial charge on any atom is 0.201 e. The minimum absolute atomic E-state index is 0.0899. The molecule has 0 aliphatic carbocycles. The Balaban J connectivity index is 2.78. The minimum atomic E-state index is 0.0899. The zero-order valence-electron chi connectivity index (χ0n) is 11.8. The summed E-state index contributed by atoms with van der Waals surface area (Å²) in [5.41, 5.74) is 9.67. The van der Waals surface area contributed by atoms with Gasteiger partial charge in [0, 0.05) is 5.54 Å². The molecule has 0 saturated heterocycles. The van der Waals surface area contributed by atoms with Crippen LogP contribution in [-0.2, 0) is 5.54 Å². The molecule has 0 aliphatic rings. The molecule has 2 N–H and O–H groups in total. The molecule has 0 aliphatic heterocycles. The van der Waals surface area contributed by atoms with Gasteiger partial charge in [0.15, 0.2) is 0 Å². The van der Waals surface area contributed by atoms with Crippen molar-refractivity contribution in [3.63, 3.8) is 0 Å². The Bertz CT molecular complexity index is 542. The lowest BCUT2D eigenvalue weighted by Crippen LogP contribution is -2.32. The van der Waals surface area contributed by atoms with Gasteiger partial charge in [-0.15, -0.1) is 0 Å². The van der Waals surface area contributed by atoms with E-state index in [1.807, 2.05) is 0 Å². The molecule has 3 heteroatoms. The van der Waals surface area contributed by atoms with Crippen LogP contribution in [0.5, 0.6) is 0 Å². The Morgan fingerprint density at radius 3 is 2.33 bits per heavy atom. The number of aromatic nitrogens is 2. The summed E-state index contributed by atoms with van der Waals surface area (Å²) in [6.45, 7) is 8.78. The van der Waals surface area contributed by atoms with Crippen LogP contribution in [0.4, 0.5) is 5.95 Å². The standard InChI is InChI=1S/C15H23N3/c1-5-15(6-2,7-3)18-12-10-8-9-11(4)13(12)17-14(18)16/h8-10H,5-7H2,1-4H3,(H2,16,17). The van der Waals surface area contributed by atoms with Gasteiger partial charge in [-0.05, 0) is 37.8 Å². The molecule has 0 unspecified atom stereocenters. The maximum atomic E-state index is 6.19. The number of nitrogens with two attached hydrogens (primary N) is 1.